The van der Waals surface area contributed by atoms with E-state index in [1.807, 2.05) is 60.7 Å². The molecule has 0 aliphatic rings. The Morgan fingerprint density at radius 1 is 0.356 bits per heavy atom. The van der Waals surface area contributed by atoms with E-state index in [0.29, 0.717) is 17.5 Å². The van der Waals surface area contributed by atoms with Crippen LogP contribution in [0.2, 0.25) is 0 Å². The summed E-state index contributed by atoms with van der Waals surface area (Å²) in [4.78, 5) is 14.8. The predicted octanol–water partition coefficient (Wildman–Crippen LogP) is 10.2. The number of rotatable bonds is 4. The quantitative estimate of drug-likeness (QED) is 0.142. The van der Waals surface area contributed by atoms with E-state index in [1.54, 1.807) is 0 Å². The van der Waals surface area contributed by atoms with Gasteiger partial charge in [0.2, 0.25) is 0 Å². The van der Waals surface area contributed by atoms with Gasteiger partial charge in [0.05, 0.1) is 0 Å². The summed E-state index contributed by atoms with van der Waals surface area (Å²) in [5.41, 5.74) is 5.36. The van der Waals surface area contributed by atoms with Gasteiger partial charge in [-0.25, -0.2) is 0 Å². The number of aromatic nitrogens is 3. The predicted molar refractivity (Wildman–Crippen MR) is 189 cm³/mol. The molecule has 0 unspecified atom stereocenters. The van der Waals surface area contributed by atoms with E-state index in [2.05, 4.69) is 91.0 Å². The standard InChI is InChI=1S/C41H25N3Se/c1-3-12-28(13-4-1)39-42-40(29-14-5-2-6-15-29)44-41(43-39)31-17-9-16-30(25-31)33-19-10-20-34-35-24-23-27-22-21-26-11-7-8-18-32(26)36(27)38(35)45-37(33)34/h1-25H. The summed E-state index contributed by atoms with van der Waals surface area (Å²) in [6.07, 6.45) is 0. The summed E-state index contributed by atoms with van der Waals surface area (Å²) in [7, 11) is 0. The summed E-state index contributed by atoms with van der Waals surface area (Å²) in [5, 5.41) is 8.05. The Balaban J connectivity index is 1.23. The van der Waals surface area contributed by atoms with Crippen LogP contribution in [0.15, 0.2) is 152 Å². The van der Waals surface area contributed by atoms with E-state index in [1.165, 1.54) is 52.0 Å². The number of fused-ring (bicyclic) bond motifs is 7. The van der Waals surface area contributed by atoms with Crippen molar-refractivity contribution in [1.29, 1.82) is 0 Å². The second kappa shape index (κ2) is 10.6. The van der Waals surface area contributed by atoms with Gasteiger partial charge in [0.15, 0.2) is 0 Å². The third kappa shape index (κ3) is 4.46. The van der Waals surface area contributed by atoms with Crippen molar-refractivity contribution < 1.29 is 0 Å². The van der Waals surface area contributed by atoms with Gasteiger partial charge in [0.1, 0.15) is 0 Å². The molecule has 210 valence electrons. The minimum atomic E-state index is 0.162. The maximum absolute atomic E-state index is 4.98. The van der Waals surface area contributed by atoms with Gasteiger partial charge in [-0.15, -0.1) is 0 Å². The van der Waals surface area contributed by atoms with Crippen LogP contribution >= 0.6 is 0 Å². The third-order valence-corrected chi connectivity index (χ3v) is 11.2. The van der Waals surface area contributed by atoms with Crippen LogP contribution in [0.3, 0.4) is 0 Å². The van der Waals surface area contributed by atoms with Crippen LogP contribution in [0.25, 0.3) is 86.1 Å². The van der Waals surface area contributed by atoms with E-state index in [9.17, 15) is 0 Å². The summed E-state index contributed by atoms with van der Waals surface area (Å²) in [6, 6.07) is 53.6. The second-order valence-corrected chi connectivity index (χ2v) is 13.4. The molecule has 0 fully saturated rings. The summed E-state index contributed by atoms with van der Waals surface area (Å²) in [5.74, 6) is 2.01. The molecule has 0 amide bonds. The van der Waals surface area contributed by atoms with Gasteiger partial charge in [-0.3, -0.25) is 0 Å². The Labute approximate surface area is 266 Å². The van der Waals surface area contributed by atoms with Crippen LogP contribution in [-0.4, -0.2) is 29.5 Å². The molecule has 0 atom stereocenters. The number of hydrogen-bond acceptors (Lipinski definition) is 3. The van der Waals surface area contributed by atoms with Crippen molar-refractivity contribution in [2.75, 3.05) is 0 Å². The van der Waals surface area contributed by atoms with Crippen LogP contribution in [0.1, 0.15) is 0 Å². The molecule has 0 radical (unpaired) electrons. The molecule has 2 aromatic heterocycles. The van der Waals surface area contributed by atoms with Gasteiger partial charge in [-0.1, -0.05) is 0 Å². The van der Waals surface area contributed by atoms with E-state index in [0.717, 1.165) is 16.7 Å². The fourth-order valence-corrected chi connectivity index (χ4v) is 9.28. The molecule has 0 aliphatic heterocycles. The maximum atomic E-state index is 4.98. The Morgan fingerprint density at radius 2 is 0.889 bits per heavy atom. The fraction of sp³-hybridized carbons (Fsp3) is 0. The van der Waals surface area contributed by atoms with Crippen molar-refractivity contribution in [3.63, 3.8) is 0 Å². The zero-order valence-electron chi connectivity index (χ0n) is 24.2. The Hall–Kier alpha value is -5.41. The van der Waals surface area contributed by atoms with Gasteiger partial charge >= 0.3 is 267 Å². The van der Waals surface area contributed by atoms with Crippen molar-refractivity contribution >= 4 is 55.3 Å². The van der Waals surface area contributed by atoms with Crippen LogP contribution in [-0.2, 0) is 0 Å². The molecule has 3 nitrogen and oxygen atoms in total. The van der Waals surface area contributed by atoms with Crippen molar-refractivity contribution in [2.24, 2.45) is 0 Å². The molecule has 2 heterocycles. The van der Waals surface area contributed by atoms with Crippen molar-refractivity contribution in [3.05, 3.63) is 152 Å². The zero-order valence-corrected chi connectivity index (χ0v) is 25.9. The van der Waals surface area contributed by atoms with Gasteiger partial charge in [-0.2, -0.15) is 0 Å². The van der Waals surface area contributed by atoms with E-state index >= 15 is 0 Å². The monoisotopic (exact) mass is 639 g/mol. The minimum absolute atomic E-state index is 0.162. The molecule has 0 N–H and O–H groups in total. The molecule has 0 saturated carbocycles. The van der Waals surface area contributed by atoms with Gasteiger partial charge in [-0.05, 0) is 0 Å². The molecule has 0 saturated heterocycles. The molecule has 0 spiro atoms. The first-order valence-corrected chi connectivity index (χ1v) is 16.7. The van der Waals surface area contributed by atoms with Crippen LogP contribution in [0.5, 0.6) is 0 Å². The average Bonchev–Trinajstić information content (AvgIpc) is 3.51. The van der Waals surface area contributed by atoms with Gasteiger partial charge < -0.3 is 0 Å². The molecule has 9 rings (SSSR count). The van der Waals surface area contributed by atoms with E-state index in [-0.39, 0.29) is 14.5 Å². The summed E-state index contributed by atoms with van der Waals surface area (Å²) < 4.78 is 2.91. The van der Waals surface area contributed by atoms with E-state index < -0.39 is 0 Å². The van der Waals surface area contributed by atoms with Gasteiger partial charge in [0.25, 0.3) is 0 Å². The fourth-order valence-electron chi connectivity index (χ4n) is 6.33. The van der Waals surface area contributed by atoms with Crippen LogP contribution in [0.4, 0.5) is 0 Å². The molecule has 45 heavy (non-hydrogen) atoms. The normalized spacial score (nSPS) is 11.6. The molecular weight excluding hydrogens is 613 g/mol. The second-order valence-electron chi connectivity index (χ2n) is 11.2. The molecular formula is C41H25N3Se. The number of nitrogens with zero attached hydrogens (tertiary/aromatic N) is 3. The third-order valence-electron chi connectivity index (χ3n) is 8.50. The van der Waals surface area contributed by atoms with Crippen molar-refractivity contribution in [1.82, 2.24) is 15.0 Å². The SMILES string of the molecule is c1ccc(-c2nc(-c3ccccc3)nc(-c3cccc(-c4cccc5c4[se]c4c5ccc5ccc6ccccc6c54)c3)n2)cc1. The molecule has 9 aromatic rings. The zero-order chi connectivity index (χ0) is 29.7. The topological polar surface area (TPSA) is 38.7 Å². The van der Waals surface area contributed by atoms with Crippen LogP contribution in [0, 0.1) is 0 Å². The summed E-state index contributed by atoms with van der Waals surface area (Å²) >= 11 is 0.162. The molecule has 0 aliphatic carbocycles. The summed E-state index contributed by atoms with van der Waals surface area (Å²) in [6.45, 7) is 0. The Kier molecular flexibility index (Phi) is 6.15. The molecule has 7 aromatic carbocycles. The van der Waals surface area contributed by atoms with Crippen molar-refractivity contribution in [2.45, 2.75) is 0 Å². The molecule has 0 bridgehead atoms. The Morgan fingerprint density at radius 3 is 1.64 bits per heavy atom. The first-order chi connectivity index (χ1) is 22.3. The first kappa shape index (κ1) is 26.0. The van der Waals surface area contributed by atoms with Crippen molar-refractivity contribution in [3.8, 4) is 45.3 Å². The van der Waals surface area contributed by atoms with E-state index in [4.69, 9.17) is 15.0 Å². The molecule has 4 heteroatoms. The first-order valence-electron chi connectivity index (χ1n) is 15.0. The van der Waals surface area contributed by atoms with Gasteiger partial charge in [0, 0.05) is 0 Å². The van der Waals surface area contributed by atoms with Crippen LogP contribution < -0.4 is 0 Å². The average molecular weight is 639 g/mol. The Bertz CT molecular complexity index is 2480. The number of hydrogen-bond donors (Lipinski definition) is 0. The number of benzene rings is 7.